The molecule has 2 rings (SSSR count). The average molecular weight is 304 g/mol. The van der Waals surface area contributed by atoms with Gasteiger partial charge in [-0.3, -0.25) is 0 Å². The zero-order chi connectivity index (χ0) is 16.1. The van der Waals surface area contributed by atoms with Gasteiger partial charge in [-0.05, 0) is 49.0 Å². The van der Waals surface area contributed by atoms with Crippen molar-refractivity contribution in [2.75, 3.05) is 7.11 Å². The van der Waals surface area contributed by atoms with E-state index in [1.807, 2.05) is 31.2 Å². The van der Waals surface area contributed by atoms with Crippen LogP contribution in [-0.4, -0.2) is 29.4 Å². The van der Waals surface area contributed by atoms with Crippen LogP contribution in [-0.2, 0) is 9.53 Å². The molecule has 1 atom stereocenters. The molecule has 0 saturated heterocycles. The highest BCUT2D eigenvalue weighted by molar-refractivity contribution is 5.84. The average Bonchev–Trinajstić information content (AvgIpc) is 2.49. The van der Waals surface area contributed by atoms with Gasteiger partial charge in [0.15, 0.2) is 0 Å². The zero-order valence-corrected chi connectivity index (χ0v) is 12.7. The first-order valence-corrected chi connectivity index (χ1v) is 7.13. The van der Waals surface area contributed by atoms with Crippen LogP contribution in [0.3, 0.4) is 0 Å². The summed E-state index contributed by atoms with van der Waals surface area (Å²) < 4.78 is 10.2. The number of carboxylic acids is 1. The van der Waals surface area contributed by atoms with Gasteiger partial charge in [0.2, 0.25) is 5.76 Å². The van der Waals surface area contributed by atoms with Crippen LogP contribution in [0.15, 0.2) is 36.3 Å². The van der Waals surface area contributed by atoms with Crippen molar-refractivity contribution in [2.45, 2.75) is 32.3 Å². The predicted octanol–water partition coefficient (Wildman–Crippen LogP) is 2.87. The van der Waals surface area contributed by atoms with Gasteiger partial charge in [-0.25, -0.2) is 4.79 Å². The van der Waals surface area contributed by atoms with E-state index in [0.717, 1.165) is 35.8 Å². The van der Waals surface area contributed by atoms with Crippen molar-refractivity contribution in [3.63, 3.8) is 0 Å². The fourth-order valence-electron chi connectivity index (χ4n) is 2.34. The highest BCUT2D eigenvalue weighted by atomic mass is 16.5. The molecular formula is C17H20O5. The molecule has 118 valence electrons. The molecule has 0 aromatic heterocycles. The fraction of sp³-hybridized carbons (Fsp3) is 0.353. The van der Waals surface area contributed by atoms with E-state index in [-0.39, 0.29) is 11.9 Å². The number of hydrogen-bond acceptors (Lipinski definition) is 4. The van der Waals surface area contributed by atoms with Crippen molar-refractivity contribution in [1.29, 1.82) is 0 Å². The molecule has 0 heterocycles. The minimum Gasteiger partial charge on any atom is -0.500 e. The van der Waals surface area contributed by atoms with Gasteiger partial charge in [0.1, 0.15) is 12.0 Å². The van der Waals surface area contributed by atoms with Gasteiger partial charge in [-0.15, -0.1) is 0 Å². The number of benzene rings is 1. The second kappa shape index (κ2) is 7.13. The second-order valence-corrected chi connectivity index (χ2v) is 5.26. The van der Waals surface area contributed by atoms with Crippen LogP contribution < -0.4 is 4.74 Å². The third-order valence-electron chi connectivity index (χ3n) is 3.60. The maximum Gasteiger partial charge on any atom is 0.375 e. The molecule has 0 amide bonds. The molecule has 0 saturated carbocycles. The Bertz CT molecular complexity index is 615. The summed E-state index contributed by atoms with van der Waals surface area (Å²) >= 11 is 0. The zero-order valence-electron chi connectivity index (χ0n) is 12.7. The number of aliphatic hydroxyl groups is 1. The number of carboxylic acid groups (broad SMARTS) is 1. The Morgan fingerprint density at radius 3 is 2.77 bits per heavy atom. The molecule has 22 heavy (non-hydrogen) atoms. The van der Waals surface area contributed by atoms with Crippen LogP contribution in [0.5, 0.6) is 5.75 Å². The molecule has 1 unspecified atom stereocenters. The molecule has 0 spiro atoms. The van der Waals surface area contributed by atoms with Crippen molar-refractivity contribution in [1.82, 2.24) is 0 Å². The number of rotatable bonds is 5. The highest BCUT2D eigenvalue weighted by Gasteiger charge is 2.16. The fourth-order valence-corrected chi connectivity index (χ4v) is 2.34. The molecule has 1 aliphatic carbocycles. The van der Waals surface area contributed by atoms with E-state index >= 15 is 0 Å². The Labute approximate surface area is 129 Å². The molecule has 1 aliphatic rings. The lowest BCUT2D eigenvalue weighted by Gasteiger charge is -2.18. The second-order valence-electron chi connectivity index (χ2n) is 5.26. The molecule has 0 radical (unpaired) electrons. The number of methoxy groups -OCH3 is 1. The summed E-state index contributed by atoms with van der Waals surface area (Å²) in [5.74, 6) is -0.974. The van der Waals surface area contributed by atoms with Crippen LogP contribution in [0.1, 0.15) is 30.4 Å². The van der Waals surface area contributed by atoms with Gasteiger partial charge in [-0.1, -0.05) is 18.2 Å². The smallest absolute Gasteiger partial charge is 0.375 e. The van der Waals surface area contributed by atoms with Crippen LogP contribution >= 0.6 is 0 Å². The number of allylic oxidation sites excluding steroid dienone is 1. The van der Waals surface area contributed by atoms with Crippen molar-refractivity contribution in [3.05, 3.63) is 47.4 Å². The Hall–Kier alpha value is -2.27. The van der Waals surface area contributed by atoms with Gasteiger partial charge in [0.05, 0.1) is 13.2 Å². The quantitative estimate of drug-likeness (QED) is 0.646. The maximum absolute atomic E-state index is 11.1. The first-order valence-electron chi connectivity index (χ1n) is 7.13. The molecular weight excluding hydrogens is 284 g/mol. The Morgan fingerprint density at radius 1 is 1.41 bits per heavy atom. The van der Waals surface area contributed by atoms with Crippen LogP contribution in [0.25, 0.3) is 5.57 Å². The van der Waals surface area contributed by atoms with Crippen LogP contribution in [0.2, 0.25) is 0 Å². The normalized spacial score (nSPS) is 18.6. The lowest BCUT2D eigenvalue weighted by atomic mass is 9.91. The molecule has 1 aromatic carbocycles. The first-order chi connectivity index (χ1) is 10.5. The molecule has 0 fully saturated rings. The van der Waals surface area contributed by atoms with E-state index in [0.29, 0.717) is 12.2 Å². The number of carbonyl (C=O) groups is 1. The van der Waals surface area contributed by atoms with Gasteiger partial charge >= 0.3 is 5.97 Å². The van der Waals surface area contributed by atoms with Gasteiger partial charge in [0.25, 0.3) is 0 Å². The summed E-state index contributed by atoms with van der Waals surface area (Å²) in [6.07, 6.45) is 4.98. The topological polar surface area (TPSA) is 76.0 Å². The Kier molecular flexibility index (Phi) is 5.22. The van der Waals surface area contributed by atoms with E-state index in [1.165, 1.54) is 7.11 Å². The number of aliphatic carboxylic acids is 1. The number of aliphatic hydroxyl groups excluding tert-OH is 1. The summed E-state index contributed by atoms with van der Waals surface area (Å²) in [5.41, 5.74) is 2.96. The van der Waals surface area contributed by atoms with Crippen molar-refractivity contribution in [2.24, 2.45) is 0 Å². The van der Waals surface area contributed by atoms with E-state index < -0.39 is 5.97 Å². The molecule has 1 aromatic rings. The first kappa shape index (κ1) is 16.1. The van der Waals surface area contributed by atoms with E-state index in [9.17, 15) is 9.90 Å². The summed E-state index contributed by atoms with van der Waals surface area (Å²) in [5, 5.41) is 18.6. The van der Waals surface area contributed by atoms with Crippen molar-refractivity contribution >= 4 is 11.5 Å². The van der Waals surface area contributed by atoms with Crippen molar-refractivity contribution in [3.8, 4) is 5.75 Å². The van der Waals surface area contributed by atoms with E-state index in [4.69, 9.17) is 14.6 Å². The van der Waals surface area contributed by atoms with E-state index in [1.54, 1.807) is 0 Å². The third kappa shape index (κ3) is 3.89. The minimum absolute atomic E-state index is 0.268. The van der Waals surface area contributed by atoms with Gasteiger partial charge in [0, 0.05) is 0 Å². The lowest BCUT2D eigenvalue weighted by Crippen LogP contribution is -2.10. The van der Waals surface area contributed by atoms with Gasteiger partial charge < -0.3 is 19.7 Å². The number of ether oxygens (including phenoxy) is 2. The molecule has 5 nitrogen and oxygen atoms in total. The molecule has 5 heteroatoms. The summed E-state index contributed by atoms with van der Waals surface area (Å²) in [4.78, 5) is 11.1. The summed E-state index contributed by atoms with van der Waals surface area (Å²) in [6.45, 7) is 1.85. The number of aryl methyl sites for hydroxylation is 1. The molecule has 0 aliphatic heterocycles. The summed E-state index contributed by atoms with van der Waals surface area (Å²) in [6, 6.07) is 5.69. The van der Waals surface area contributed by atoms with Crippen molar-refractivity contribution < 1.29 is 24.5 Å². The molecule has 0 bridgehead atoms. The summed E-state index contributed by atoms with van der Waals surface area (Å²) in [7, 11) is 1.37. The lowest BCUT2D eigenvalue weighted by molar-refractivity contribution is -0.135. The molecule has 2 N–H and O–H groups in total. The maximum atomic E-state index is 11.1. The van der Waals surface area contributed by atoms with Crippen LogP contribution in [0, 0.1) is 6.92 Å². The standard InChI is InChI=1S/C17H20O5/c1-11-3-4-13(12-5-7-14(18)8-6-12)9-15(11)22-16(10-21-2)17(19)20/h3-5,9-10,14,18H,6-8H2,1-2H3,(H,19,20)/b16-10-. The number of hydrogen-bond donors (Lipinski definition) is 2. The van der Waals surface area contributed by atoms with E-state index in [2.05, 4.69) is 0 Å². The third-order valence-corrected chi connectivity index (χ3v) is 3.60. The Morgan fingerprint density at radius 2 is 2.18 bits per heavy atom. The SMILES string of the molecule is CO/C=C(\Oc1cc(C2=CCC(O)CC2)ccc1C)C(=O)O. The predicted molar refractivity (Wildman–Crippen MR) is 82.4 cm³/mol. The minimum atomic E-state index is -1.19. The van der Waals surface area contributed by atoms with Gasteiger partial charge in [-0.2, -0.15) is 0 Å². The highest BCUT2D eigenvalue weighted by Crippen LogP contribution is 2.31. The van der Waals surface area contributed by atoms with Crippen LogP contribution in [0.4, 0.5) is 0 Å². The monoisotopic (exact) mass is 304 g/mol. The Balaban J connectivity index is 2.27. The largest absolute Gasteiger partial charge is 0.500 e.